The van der Waals surface area contributed by atoms with Crippen molar-refractivity contribution in [2.24, 2.45) is 0 Å². The highest BCUT2D eigenvalue weighted by Crippen LogP contribution is 2.31. The monoisotopic (exact) mass is 321 g/mol. The number of amides is 1. The quantitative estimate of drug-likeness (QED) is 0.905. The van der Waals surface area contributed by atoms with E-state index in [0.29, 0.717) is 5.69 Å². The molecule has 0 fully saturated rings. The summed E-state index contributed by atoms with van der Waals surface area (Å²) in [6.45, 7) is -0.201. The van der Waals surface area contributed by atoms with E-state index in [1.165, 1.54) is 16.8 Å². The van der Waals surface area contributed by atoms with Gasteiger partial charge in [0.25, 0.3) is 0 Å². The van der Waals surface area contributed by atoms with E-state index in [9.17, 15) is 13.6 Å². The van der Waals surface area contributed by atoms with Gasteiger partial charge in [-0.3, -0.25) is 4.79 Å². The highest BCUT2D eigenvalue weighted by atomic mass is 19.1. The molecule has 1 aliphatic rings. The van der Waals surface area contributed by atoms with Crippen molar-refractivity contribution in [3.8, 4) is 5.69 Å². The van der Waals surface area contributed by atoms with E-state index < -0.39 is 11.6 Å². The molecule has 0 radical (unpaired) electrons. The third kappa shape index (κ3) is 3.24. The Morgan fingerprint density at radius 2 is 2.09 bits per heavy atom. The predicted octanol–water partition coefficient (Wildman–Crippen LogP) is 2.03. The molecule has 2 aromatic rings. The molecule has 2 N–H and O–H groups in total. The minimum absolute atomic E-state index is 0.0507. The standard InChI is InChI=1S/C16H17F2N3O2/c17-10-6-11(18)8-12(7-10)21-15-3-1-2-14(13(15)9-19-21)20-16(23)4-5-22/h6-9,14,22H,1-5H2,(H,20,23)/t14-/m1/s1. The van der Waals surface area contributed by atoms with Crippen LogP contribution < -0.4 is 5.32 Å². The number of hydrogen-bond donors (Lipinski definition) is 2. The lowest BCUT2D eigenvalue weighted by Gasteiger charge is -2.24. The van der Waals surface area contributed by atoms with Gasteiger partial charge >= 0.3 is 0 Å². The molecule has 1 aromatic heterocycles. The van der Waals surface area contributed by atoms with Crippen molar-refractivity contribution < 1.29 is 18.7 Å². The number of nitrogens with one attached hydrogen (secondary N) is 1. The average molecular weight is 321 g/mol. The van der Waals surface area contributed by atoms with Gasteiger partial charge in [-0.15, -0.1) is 0 Å². The van der Waals surface area contributed by atoms with Crippen molar-refractivity contribution in [2.45, 2.75) is 31.7 Å². The van der Waals surface area contributed by atoms with Crippen molar-refractivity contribution in [3.63, 3.8) is 0 Å². The Balaban J connectivity index is 1.92. The molecule has 0 bridgehead atoms. The normalized spacial score (nSPS) is 16.9. The van der Waals surface area contributed by atoms with Gasteiger partial charge in [0.2, 0.25) is 5.91 Å². The number of hydrogen-bond acceptors (Lipinski definition) is 3. The van der Waals surface area contributed by atoms with Gasteiger partial charge in [-0.05, 0) is 31.4 Å². The van der Waals surface area contributed by atoms with E-state index in [-0.39, 0.29) is 25.0 Å². The summed E-state index contributed by atoms with van der Waals surface area (Å²) in [6.07, 6.45) is 4.00. The Bertz CT molecular complexity index is 710. The first kappa shape index (κ1) is 15.6. The molecule has 1 aromatic carbocycles. The van der Waals surface area contributed by atoms with Crippen LogP contribution in [0.2, 0.25) is 0 Å². The highest BCUT2D eigenvalue weighted by Gasteiger charge is 2.26. The van der Waals surface area contributed by atoms with Crippen molar-refractivity contribution >= 4 is 5.91 Å². The van der Waals surface area contributed by atoms with E-state index in [2.05, 4.69) is 10.4 Å². The third-order valence-electron chi connectivity index (χ3n) is 3.95. The second kappa shape index (κ2) is 6.45. The first-order chi connectivity index (χ1) is 11.1. The SMILES string of the molecule is O=C(CCO)N[C@@H]1CCCc2c1cnn2-c1cc(F)cc(F)c1. The van der Waals surface area contributed by atoms with Gasteiger partial charge in [0, 0.05) is 23.7 Å². The minimum Gasteiger partial charge on any atom is -0.396 e. The fraction of sp³-hybridized carbons (Fsp3) is 0.375. The Morgan fingerprint density at radius 3 is 2.78 bits per heavy atom. The van der Waals surface area contributed by atoms with Crippen molar-refractivity contribution in [1.29, 1.82) is 0 Å². The van der Waals surface area contributed by atoms with E-state index in [1.54, 1.807) is 6.20 Å². The Hall–Kier alpha value is -2.28. The number of benzene rings is 1. The minimum atomic E-state index is -0.659. The fourth-order valence-electron chi connectivity index (χ4n) is 2.96. The summed E-state index contributed by atoms with van der Waals surface area (Å²) in [6, 6.07) is 3.08. The zero-order chi connectivity index (χ0) is 16.4. The van der Waals surface area contributed by atoms with E-state index in [4.69, 9.17) is 5.11 Å². The molecule has 0 spiro atoms. The van der Waals surface area contributed by atoms with Crippen molar-refractivity contribution in [1.82, 2.24) is 15.1 Å². The fourth-order valence-corrected chi connectivity index (χ4v) is 2.96. The van der Waals surface area contributed by atoms with E-state index >= 15 is 0 Å². The number of aromatic nitrogens is 2. The second-order valence-electron chi connectivity index (χ2n) is 5.57. The molecule has 0 saturated heterocycles. The van der Waals surface area contributed by atoms with Crippen molar-refractivity contribution in [3.05, 3.63) is 47.3 Å². The Labute approximate surface area is 131 Å². The van der Waals surface area contributed by atoms with E-state index in [1.807, 2.05) is 0 Å². The van der Waals surface area contributed by atoms with Crippen LogP contribution in [0.25, 0.3) is 5.69 Å². The van der Waals surface area contributed by atoms with Crippen LogP contribution in [-0.4, -0.2) is 27.4 Å². The maximum atomic E-state index is 13.4. The summed E-state index contributed by atoms with van der Waals surface area (Å²) in [5.74, 6) is -1.55. The summed E-state index contributed by atoms with van der Waals surface area (Å²) in [7, 11) is 0. The van der Waals surface area contributed by atoms with Gasteiger partial charge in [0.05, 0.1) is 24.5 Å². The summed E-state index contributed by atoms with van der Waals surface area (Å²) < 4.78 is 28.4. The molecule has 0 unspecified atom stereocenters. The molecule has 0 saturated carbocycles. The third-order valence-corrected chi connectivity index (χ3v) is 3.95. The van der Waals surface area contributed by atoms with Gasteiger partial charge in [-0.2, -0.15) is 5.10 Å². The number of carbonyl (C=O) groups is 1. The van der Waals surface area contributed by atoms with Crippen LogP contribution in [0.15, 0.2) is 24.4 Å². The van der Waals surface area contributed by atoms with Crippen LogP contribution >= 0.6 is 0 Å². The first-order valence-electron chi connectivity index (χ1n) is 7.52. The summed E-state index contributed by atoms with van der Waals surface area (Å²) in [5.41, 5.74) is 2.02. The predicted molar refractivity (Wildman–Crippen MR) is 79.0 cm³/mol. The van der Waals surface area contributed by atoms with Gasteiger partial charge in [0.1, 0.15) is 11.6 Å². The molecular formula is C16H17F2N3O2. The van der Waals surface area contributed by atoms with Crippen LogP contribution in [0.3, 0.4) is 0 Å². The first-order valence-corrected chi connectivity index (χ1v) is 7.52. The van der Waals surface area contributed by atoms with Crippen LogP contribution in [0.5, 0.6) is 0 Å². The smallest absolute Gasteiger partial charge is 0.222 e. The van der Waals surface area contributed by atoms with Gasteiger partial charge < -0.3 is 10.4 Å². The number of nitrogens with zero attached hydrogens (tertiary/aromatic N) is 2. The maximum absolute atomic E-state index is 13.4. The van der Waals surface area contributed by atoms with Crippen LogP contribution in [0.4, 0.5) is 8.78 Å². The molecule has 5 nitrogen and oxygen atoms in total. The molecule has 1 heterocycles. The second-order valence-corrected chi connectivity index (χ2v) is 5.57. The summed E-state index contributed by atoms with van der Waals surface area (Å²) >= 11 is 0. The summed E-state index contributed by atoms with van der Waals surface area (Å²) in [5, 5.41) is 15.9. The maximum Gasteiger partial charge on any atom is 0.222 e. The number of rotatable bonds is 4. The average Bonchev–Trinajstić information content (AvgIpc) is 2.91. The Kier molecular flexibility index (Phi) is 4.38. The van der Waals surface area contributed by atoms with Gasteiger partial charge in [-0.1, -0.05) is 0 Å². The van der Waals surface area contributed by atoms with E-state index in [0.717, 1.165) is 36.6 Å². The molecule has 122 valence electrons. The van der Waals surface area contributed by atoms with Gasteiger partial charge in [-0.25, -0.2) is 13.5 Å². The lowest BCUT2D eigenvalue weighted by molar-refractivity contribution is -0.122. The number of carbonyl (C=O) groups excluding carboxylic acids is 1. The molecule has 1 aliphatic carbocycles. The largest absolute Gasteiger partial charge is 0.396 e. The topological polar surface area (TPSA) is 67.2 Å². The lowest BCUT2D eigenvalue weighted by atomic mass is 9.92. The molecular weight excluding hydrogens is 304 g/mol. The zero-order valence-electron chi connectivity index (χ0n) is 12.4. The number of aliphatic hydroxyl groups excluding tert-OH is 1. The van der Waals surface area contributed by atoms with Crippen LogP contribution in [-0.2, 0) is 11.2 Å². The zero-order valence-corrected chi connectivity index (χ0v) is 12.4. The molecule has 0 aliphatic heterocycles. The number of halogens is 2. The molecule has 7 heteroatoms. The van der Waals surface area contributed by atoms with Crippen molar-refractivity contribution in [2.75, 3.05) is 6.61 Å². The molecule has 1 atom stereocenters. The van der Waals surface area contributed by atoms with Crippen LogP contribution in [0, 0.1) is 11.6 Å². The highest BCUT2D eigenvalue weighted by molar-refractivity contribution is 5.76. The summed E-state index contributed by atoms with van der Waals surface area (Å²) in [4.78, 5) is 11.7. The molecule has 3 rings (SSSR count). The lowest BCUT2D eigenvalue weighted by Crippen LogP contribution is -2.31. The molecule has 1 amide bonds. The number of fused-ring (bicyclic) bond motifs is 1. The van der Waals surface area contributed by atoms with Gasteiger partial charge in [0.15, 0.2) is 0 Å². The number of aliphatic hydroxyl groups is 1. The molecule has 23 heavy (non-hydrogen) atoms. The van der Waals surface area contributed by atoms with Crippen LogP contribution in [0.1, 0.15) is 36.6 Å². The Morgan fingerprint density at radius 1 is 1.35 bits per heavy atom.